The second-order valence-electron chi connectivity index (χ2n) is 7.94. The molecule has 2 aromatic carbocycles. The van der Waals surface area contributed by atoms with Crippen LogP contribution >= 0.6 is 0 Å². The predicted octanol–water partition coefficient (Wildman–Crippen LogP) is 5.11. The van der Waals surface area contributed by atoms with E-state index in [9.17, 15) is 13.6 Å². The number of para-hydroxylation sites is 2. The molecule has 1 amide bonds. The van der Waals surface area contributed by atoms with Crippen LogP contribution in [0, 0.1) is 0 Å². The van der Waals surface area contributed by atoms with Gasteiger partial charge in [-0.1, -0.05) is 36.4 Å². The lowest BCUT2D eigenvalue weighted by Crippen LogP contribution is -2.33. The maximum absolute atomic E-state index is 13.5. The Morgan fingerprint density at radius 3 is 2.52 bits per heavy atom. The number of aromatic nitrogens is 3. The number of fused-ring (bicyclic) bond motifs is 1. The number of nitrogens with zero attached hydrogens (tertiary/aromatic N) is 4. The van der Waals surface area contributed by atoms with Gasteiger partial charge in [0, 0.05) is 43.1 Å². The van der Waals surface area contributed by atoms with E-state index in [-0.39, 0.29) is 17.5 Å². The summed E-state index contributed by atoms with van der Waals surface area (Å²) in [6, 6.07) is 18.1. The van der Waals surface area contributed by atoms with Crippen LogP contribution in [0.15, 0.2) is 67.0 Å². The van der Waals surface area contributed by atoms with Gasteiger partial charge in [-0.05, 0) is 36.6 Å². The quantitative estimate of drug-likeness (QED) is 0.435. The molecule has 5 nitrogen and oxygen atoms in total. The Labute approximate surface area is 178 Å². The Bertz CT molecular complexity index is 1240. The van der Waals surface area contributed by atoms with E-state index in [2.05, 4.69) is 9.67 Å². The molecular weight excluding hydrogens is 398 g/mol. The highest BCUT2D eigenvalue weighted by Gasteiger charge is 2.36. The lowest BCUT2D eigenvalue weighted by molar-refractivity contribution is 0.0718. The van der Waals surface area contributed by atoms with Crippen molar-refractivity contribution < 1.29 is 13.6 Å². The maximum atomic E-state index is 13.5. The maximum Gasteiger partial charge on any atom is 0.282 e. The number of alkyl halides is 2. The summed E-state index contributed by atoms with van der Waals surface area (Å²) < 4.78 is 30.3. The normalized spacial score (nSPS) is 13.8. The molecule has 0 aliphatic heterocycles. The van der Waals surface area contributed by atoms with Crippen molar-refractivity contribution in [3.8, 4) is 5.69 Å². The Morgan fingerprint density at radius 2 is 1.81 bits per heavy atom. The molecule has 4 aromatic rings. The summed E-state index contributed by atoms with van der Waals surface area (Å²) in [5.74, 6) is -0.387. The summed E-state index contributed by atoms with van der Waals surface area (Å²) in [5.41, 5.74) is 2.59. The van der Waals surface area contributed by atoms with Crippen molar-refractivity contribution in [2.45, 2.75) is 31.9 Å². The zero-order valence-electron chi connectivity index (χ0n) is 17.1. The van der Waals surface area contributed by atoms with E-state index in [1.807, 2.05) is 60.8 Å². The van der Waals surface area contributed by atoms with Crippen molar-refractivity contribution in [3.05, 3.63) is 83.8 Å². The third kappa shape index (κ3) is 3.60. The second-order valence-corrected chi connectivity index (χ2v) is 7.94. The second kappa shape index (κ2) is 7.65. The van der Waals surface area contributed by atoms with Gasteiger partial charge in [0.1, 0.15) is 5.69 Å². The van der Waals surface area contributed by atoms with Gasteiger partial charge in [-0.2, -0.15) is 5.10 Å². The summed E-state index contributed by atoms with van der Waals surface area (Å²) >= 11 is 0. The number of amides is 1. The summed E-state index contributed by atoms with van der Waals surface area (Å²) in [6.45, 7) is 0.363. The van der Waals surface area contributed by atoms with Crippen LogP contribution in [-0.4, -0.2) is 31.2 Å². The molecule has 1 saturated carbocycles. The van der Waals surface area contributed by atoms with Gasteiger partial charge in [0.25, 0.3) is 12.3 Å². The number of rotatable bonds is 6. The zero-order valence-corrected chi connectivity index (χ0v) is 17.1. The van der Waals surface area contributed by atoms with E-state index in [1.165, 1.54) is 10.9 Å². The van der Waals surface area contributed by atoms with E-state index in [4.69, 9.17) is 0 Å². The highest BCUT2D eigenvalue weighted by molar-refractivity contribution is 5.96. The lowest BCUT2D eigenvalue weighted by atomic mass is 10.1. The number of benzene rings is 2. The molecule has 0 N–H and O–H groups in total. The van der Waals surface area contributed by atoms with E-state index in [0.29, 0.717) is 6.54 Å². The molecule has 0 unspecified atom stereocenters. The predicted molar refractivity (Wildman–Crippen MR) is 114 cm³/mol. The molecule has 0 radical (unpaired) electrons. The third-order valence-corrected chi connectivity index (χ3v) is 5.71. The SMILES string of the molecule is Cn1cc(C(=O)N(Cc2cn(-c3ccccc3)c3ccccc23)C2CC2)c(C(F)F)n1. The molecule has 158 valence electrons. The van der Waals surface area contributed by atoms with Crippen LogP contribution in [0.2, 0.25) is 0 Å². The fourth-order valence-corrected chi connectivity index (χ4v) is 4.10. The largest absolute Gasteiger partial charge is 0.331 e. The summed E-state index contributed by atoms with van der Waals surface area (Å²) in [6.07, 6.45) is 2.41. The molecule has 31 heavy (non-hydrogen) atoms. The Morgan fingerprint density at radius 1 is 1.10 bits per heavy atom. The minimum atomic E-state index is -2.79. The molecule has 0 spiro atoms. The van der Waals surface area contributed by atoms with Gasteiger partial charge < -0.3 is 9.47 Å². The summed E-state index contributed by atoms with van der Waals surface area (Å²) in [5, 5.41) is 4.86. The van der Waals surface area contributed by atoms with Gasteiger partial charge in [0.05, 0.1) is 11.1 Å². The first-order valence-corrected chi connectivity index (χ1v) is 10.3. The number of hydrogen-bond donors (Lipinski definition) is 0. The molecule has 2 aromatic heterocycles. The molecule has 1 fully saturated rings. The number of halogens is 2. The van der Waals surface area contributed by atoms with Crippen LogP contribution in [0.4, 0.5) is 8.78 Å². The van der Waals surface area contributed by atoms with Crippen LogP contribution in [0.5, 0.6) is 0 Å². The first-order chi connectivity index (χ1) is 15.0. The monoisotopic (exact) mass is 420 g/mol. The van der Waals surface area contributed by atoms with E-state index >= 15 is 0 Å². The Balaban J connectivity index is 1.54. The van der Waals surface area contributed by atoms with Crippen LogP contribution in [0.3, 0.4) is 0 Å². The van der Waals surface area contributed by atoms with E-state index in [0.717, 1.165) is 35.0 Å². The number of aryl methyl sites for hydroxylation is 1. The third-order valence-electron chi connectivity index (χ3n) is 5.71. The Kier molecular flexibility index (Phi) is 4.81. The standard InChI is InChI=1S/C24H22F2N4O/c1-28-15-20(22(27-28)23(25)26)24(31)30(18-11-12-18)14-16-13-29(17-7-3-2-4-8-17)21-10-6-5-9-19(16)21/h2-10,13,15,18,23H,11-12,14H2,1H3. The van der Waals surface area contributed by atoms with Crippen LogP contribution < -0.4 is 0 Å². The molecule has 2 heterocycles. The first-order valence-electron chi connectivity index (χ1n) is 10.3. The fourth-order valence-electron chi connectivity index (χ4n) is 4.10. The molecule has 7 heteroatoms. The molecule has 0 saturated heterocycles. The van der Waals surface area contributed by atoms with Crippen LogP contribution in [0.1, 0.15) is 40.9 Å². The van der Waals surface area contributed by atoms with Crippen molar-refractivity contribution in [3.63, 3.8) is 0 Å². The zero-order chi connectivity index (χ0) is 21.5. The molecule has 0 atom stereocenters. The van der Waals surface area contributed by atoms with E-state index < -0.39 is 12.1 Å². The van der Waals surface area contributed by atoms with Gasteiger partial charge in [0.2, 0.25) is 0 Å². The number of carbonyl (C=O) groups is 1. The highest BCUT2D eigenvalue weighted by Crippen LogP contribution is 2.34. The first kappa shape index (κ1) is 19.5. The molecule has 1 aliphatic carbocycles. The summed E-state index contributed by atoms with van der Waals surface area (Å²) in [4.78, 5) is 15.0. The van der Waals surface area contributed by atoms with Gasteiger partial charge in [-0.3, -0.25) is 9.48 Å². The number of carbonyl (C=O) groups excluding carboxylic acids is 1. The summed E-state index contributed by atoms with van der Waals surface area (Å²) in [7, 11) is 1.55. The minimum absolute atomic E-state index is 0.0174. The fraction of sp³-hybridized carbons (Fsp3) is 0.250. The van der Waals surface area contributed by atoms with Crippen molar-refractivity contribution in [2.75, 3.05) is 0 Å². The minimum Gasteiger partial charge on any atom is -0.331 e. The molecule has 1 aliphatic rings. The van der Waals surface area contributed by atoms with Crippen LogP contribution in [0.25, 0.3) is 16.6 Å². The van der Waals surface area contributed by atoms with Gasteiger partial charge in [-0.15, -0.1) is 0 Å². The highest BCUT2D eigenvalue weighted by atomic mass is 19.3. The molecular formula is C24H22F2N4O. The van der Waals surface area contributed by atoms with Crippen molar-refractivity contribution in [1.82, 2.24) is 19.2 Å². The van der Waals surface area contributed by atoms with Crippen molar-refractivity contribution in [2.24, 2.45) is 7.05 Å². The van der Waals surface area contributed by atoms with Crippen molar-refractivity contribution in [1.29, 1.82) is 0 Å². The molecule has 5 rings (SSSR count). The average Bonchev–Trinajstić information content (AvgIpc) is 3.44. The Hall–Kier alpha value is -3.48. The topological polar surface area (TPSA) is 43.1 Å². The molecule has 0 bridgehead atoms. The van der Waals surface area contributed by atoms with Crippen molar-refractivity contribution >= 4 is 16.8 Å². The lowest BCUT2D eigenvalue weighted by Gasteiger charge is -2.22. The average molecular weight is 420 g/mol. The smallest absolute Gasteiger partial charge is 0.282 e. The van der Waals surface area contributed by atoms with Gasteiger partial charge >= 0.3 is 0 Å². The van der Waals surface area contributed by atoms with Gasteiger partial charge in [-0.25, -0.2) is 8.78 Å². The van der Waals surface area contributed by atoms with E-state index in [1.54, 1.807) is 11.9 Å². The number of hydrogen-bond acceptors (Lipinski definition) is 2. The van der Waals surface area contributed by atoms with Crippen LogP contribution in [-0.2, 0) is 13.6 Å². The van der Waals surface area contributed by atoms with Gasteiger partial charge in [0.15, 0.2) is 0 Å².